The molecule has 3 aromatic heterocycles. The van der Waals surface area contributed by atoms with Gasteiger partial charge in [-0.2, -0.15) is 0 Å². The second kappa shape index (κ2) is 5.11. The molecule has 4 rings (SSSR count). The predicted octanol–water partition coefficient (Wildman–Crippen LogP) is 5.03. The third-order valence-electron chi connectivity index (χ3n) is 3.43. The molecular weight excluding hydrogens is 276 g/mol. The fourth-order valence-corrected chi connectivity index (χ4v) is 3.09. The molecular formula is C18H12N2S. The molecule has 0 fully saturated rings. The zero-order chi connectivity index (χ0) is 14.1. The van der Waals surface area contributed by atoms with Crippen molar-refractivity contribution in [2.45, 2.75) is 0 Å². The average Bonchev–Trinajstić information content (AvgIpc) is 3.09. The van der Waals surface area contributed by atoms with Crippen molar-refractivity contribution in [3.8, 4) is 21.8 Å². The summed E-state index contributed by atoms with van der Waals surface area (Å²) in [4.78, 5) is 10.4. The van der Waals surface area contributed by atoms with Crippen LogP contribution in [0.15, 0.2) is 72.2 Å². The molecule has 0 aliphatic carbocycles. The zero-order valence-electron chi connectivity index (χ0n) is 11.2. The quantitative estimate of drug-likeness (QED) is 0.517. The van der Waals surface area contributed by atoms with Gasteiger partial charge < -0.3 is 0 Å². The first-order valence-corrected chi connectivity index (χ1v) is 7.64. The number of pyridine rings is 2. The molecule has 4 aromatic rings. The molecule has 0 N–H and O–H groups in total. The van der Waals surface area contributed by atoms with Gasteiger partial charge in [-0.3, -0.25) is 4.98 Å². The second-order valence-corrected chi connectivity index (χ2v) is 5.74. The van der Waals surface area contributed by atoms with E-state index in [1.807, 2.05) is 24.3 Å². The van der Waals surface area contributed by atoms with E-state index in [-0.39, 0.29) is 0 Å². The zero-order valence-corrected chi connectivity index (χ0v) is 12.0. The van der Waals surface area contributed by atoms with Gasteiger partial charge in [0.1, 0.15) is 0 Å². The molecule has 0 aliphatic rings. The lowest BCUT2D eigenvalue weighted by Gasteiger charge is -2.04. The normalized spacial score (nSPS) is 10.9. The van der Waals surface area contributed by atoms with E-state index >= 15 is 0 Å². The molecule has 0 bridgehead atoms. The maximum atomic E-state index is 4.76. The van der Waals surface area contributed by atoms with Gasteiger partial charge in [0.15, 0.2) is 0 Å². The van der Waals surface area contributed by atoms with Gasteiger partial charge in [0.05, 0.1) is 16.9 Å². The maximum absolute atomic E-state index is 4.76. The van der Waals surface area contributed by atoms with E-state index in [1.165, 1.54) is 10.4 Å². The molecule has 0 aliphatic heterocycles. The highest BCUT2D eigenvalue weighted by Crippen LogP contribution is 2.28. The highest BCUT2D eigenvalue weighted by molar-refractivity contribution is 7.13. The summed E-state index contributed by atoms with van der Waals surface area (Å²) >= 11 is 1.75. The van der Waals surface area contributed by atoms with Gasteiger partial charge in [-0.05, 0) is 41.3 Å². The number of aromatic nitrogens is 2. The monoisotopic (exact) mass is 288 g/mol. The smallest absolute Gasteiger partial charge is 0.0893 e. The van der Waals surface area contributed by atoms with Crippen LogP contribution in [0.1, 0.15) is 0 Å². The Balaban J connectivity index is 1.86. The van der Waals surface area contributed by atoms with Crippen molar-refractivity contribution in [1.29, 1.82) is 0 Å². The van der Waals surface area contributed by atoms with Crippen LogP contribution in [-0.2, 0) is 0 Å². The fraction of sp³-hybridized carbons (Fsp3) is 0. The number of rotatable bonds is 2. The Hall–Kier alpha value is -2.52. The summed E-state index contributed by atoms with van der Waals surface area (Å²) in [6.45, 7) is 0. The average molecular weight is 288 g/mol. The third-order valence-corrected chi connectivity index (χ3v) is 4.34. The number of thiophene rings is 1. The summed E-state index contributed by atoms with van der Waals surface area (Å²) in [6.07, 6.45) is 1.79. The molecule has 0 saturated heterocycles. The number of hydrogen-bond acceptors (Lipinski definition) is 3. The van der Waals surface area contributed by atoms with Gasteiger partial charge in [-0.1, -0.05) is 30.3 Å². The highest BCUT2D eigenvalue weighted by atomic mass is 32.1. The summed E-state index contributed by atoms with van der Waals surface area (Å²) in [5.41, 5.74) is 4.03. The van der Waals surface area contributed by atoms with Crippen molar-refractivity contribution in [2.24, 2.45) is 0 Å². The largest absolute Gasteiger partial charge is 0.255 e. The summed E-state index contributed by atoms with van der Waals surface area (Å²) in [5.74, 6) is 0. The van der Waals surface area contributed by atoms with Crippen LogP contribution >= 0.6 is 11.3 Å². The van der Waals surface area contributed by atoms with Crippen LogP contribution in [0.25, 0.3) is 32.7 Å². The Labute approximate surface area is 126 Å². The summed E-state index contributed by atoms with van der Waals surface area (Å²) in [5, 5.41) is 3.24. The first-order valence-electron chi connectivity index (χ1n) is 6.76. The van der Waals surface area contributed by atoms with Gasteiger partial charge in [0.2, 0.25) is 0 Å². The summed E-state index contributed by atoms with van der Waals surface area (Å²) in [7, 11) is 0. The Morgan fingerprint density at radius 1 is 0.810 bits per heavy atom. The topological polar surface area (TPSA) is 25.8 Å². The molecule has 0 spiro atoms. The van der Waals surface area contributed by atoms with Gasteiger partial charge in [0.25, 0.3) is 0 Å². The molecule has 0 amide bonds. The molecule has 2 nitrogen and oxygen atoms in total. The first kappa shape index (κ1) is 12.2. The van der Waals surface area contributed by atoms with Crippen molar-refractivity contribution in [2.75, 3.05) is 0 Å². The van der Waals surface area contributed by atoms with E-state index in [0.29, 0.717) is 0 Å². The molecule has 0 radical (unpaired) electrons. The van der Waals surface area contributed by atoms with Crippen molar-refractivity contribution in [1.82, 2.24) is 9.97 Å². The minimum Gasteiger partial charge on any atom is -0.255 e. The third kappa shape index (κ3) is 2.32. The van der Waals surface area contributed by atoms with E-state index in [9.17, 15) is 0 Å². The van der Waals surface area contributed by atoms with Crippen LogP contribution in [0.4, 0.5) is 0 Å². The number of benzene rings is 1. The molecule has 0 saturated carbocycles. The van der Waals surface area contributed by atoms with E-state index < -0.39 is 0 Å². The molecule has 1 aromatic carbocycles. The van der Waals surface area contributed by atoms with Crippen LogP contribution in [0, 0.1) is 0 Å². The predicted molar refractivity (Wildman–Crippen MR) is 88.3 cm³/mol. The Morgan fingerprint density at radius 2 is 1.76 bits per heavy atom. The van der Waals surface area contributed by atoms with Crippen molar-refractivity contribution in [3.63, 3.8) is 0 Å². The highest BCUT2D eigenvalue weighted by Gasteiger charge is 2.04. The minimum absolute atomic E-state index is 0.904. The molecule has 100 valence electrons. The molecule has 3 heteroatoms. The number of nitrogens with zero attached hydrogens (tertiary/aromatic N) is 2. The number of hydrogen-bond donors (Lipinski definition) is 0. The van der Waals surface area contributed by atoms with E-state index in [4.69, 9.17) is 4.98 Å². The van der Waals surface area contributed by atoms with E-state index in [1.54, 1.807) is 17.5 Å². The lowest BCUT2D eigenvalue weighted by Crippen LogP contribution is -1.88. The SMILES string of the molecule is c1ccc(-c2ccc3ccc(-c4cccs4)cc3n2)nc1. The standard InChI is InChI=1S/C18H12N2S/c1-2-10-19-15(4-1)16-9-8-13-6-7-14(12-17(13)20-16)18-5-3-11-21-18/h1-12H. The van der Waals surface area contributed by atoms with Gasteiger partial charge >= 0.3 is 0 Å². The van der Waals surface area contributed by atoms with Crippen LogP contribution in [0.2, 0.25) is 0 Å². The van der Waals surface area contributed by atoms with Gasteiger partial charge in [-0.15, -0.1) is 11.3 Å². The molecule has 0 atom stereocenters. The molecule has 3 heterocycles. The van der Waals surface area contributed by atoms with Gasteiger partial charge in [0, 0.05) is 16.5 Å². The van der Waals surface area contributed by atoms with Crippen LogP contribution < -0.4 is 0 Å². The van der Waals surface area contributed by atoms with Crippen molar-refractivity contribution >= 4 is 22.2 Å². The Morgan fingerprint density at radius 3 is 2.57 bits per heavy atom. The fourth-order valence-electron chi connectivity index (χ4n) is 2.37. The van der Waals surface area contributed by atoms with Crippen LogP contribution in [0.5, 0.6) is 0 Å². The molecule has 21 heavy (non-hydrogen) atoms. The summed E-state index contributed by atoms with van der Waals surface area (Å²) < 4.78 is 0. The van der Waals surface area contributed by atoms with Crippen molar-refractivity contribution < 1.29 is 0 Å². The van der Waals surface area contributed by atoms with Crippen LogP contribution in [-0.4, -0.2) is 9.97 Å². The van der Waals surface area contributed by atoms with E-state index in [0.717, 1.165) is 22.3 Å². The van der Waals surface area contributed by atoms with E-state index in [2.05, 4.69) is 46.8 Å². The minimum atomic E-state index is 0.904. The Kier molecular flexibility index (Phi) is 2.98. The van der Waals surface area contributed by atoms with Gasteiger partial charge in [-0.25, -0.2) is 4.98 Å². The number of fused-ring (bicyclic) bond motifs is 1. The second-order valence-electron chi connectivity index (χ2n) is 4.80. The van der Waals surface area contributed by atoms with Crippen LogP contribution in [0.3, 0.4) is 0 Å². The lowest BCUT2D eigenvalue weighted by atomic mass is 10.1. The summed E-state index contributed by atoms with van der Waals surface area (Å²) in [6, 6.07) is 20.6. The maximum Gasteiger partial charge on any atom is 0.0893 e. The van der Waals surface area contributed by atoms with Crippen molar-refractivity contribution in [3.05, 3.63) is 72.2 Å². The first-order chi connectivity index (χ1) is 10.4. The Bertz CT molecular complexity index is 884. The molecule has 0 unspecified atom stereocenters. The lowest BCUT2D eigenvalue weighted by molar-refractivity contribution is 1.28.